The van der Waals surface area contributed by atoms with Crippen LogP contribution in [0.15, 0.2) is 48.1 Å². The maximum Gasteiger partial charge on any atom is 0.126 e. The van der Waals surface area contributed by atoms with Crippen LogP contribution in [-0.4, -0.2) is 10.1 Å². The number of benzene rings is 1. The normalized spacial score (nSPS) is 10.6. The lowest BCUT2D eigenvalue weighted by Gasteiger charge is -2.05. The van der Waals surface area contributed by atoms with Crippen LogP contribution in [0.25, 0.3) is 10.1 Å². The van der Waals surface area contributed by atoms with Crippen molar-refractivity contribution in [2.24, 2.45) is 0 Å². The second-order valence-electron chi connectivity index (χ2n) is 3.66. The lowest BCUT2D eigenvalue weighted by molar-refractivity contribution is 0.482. The summed E-state index contributed by atoms with van der Waals surface area (Å²) in [5, 5.41) is 16.0. The average Bonchev–Trinajstić information content (AvgIpc) is 2.75. The van der Waals surface area contributed by atoms with E-state index in [4.69, 9.17) is 0 Å². The Morgan fingerprint density at radius 2 is 1.94 bits per heavy atom. The Bertz CT molecular complexity index is 649. The Balaban J connectivity index is 2.07. The second kappa shape index (κ2) is 4.07. The molecule has 1 aromatic carbocycles. The number of pyridine rings is 1. The van der Waals surface area contributed by atoms with Gasteiger partial charge in [-0.2, -0.15) is 0 Å². The molecule has 0 bridgehead atoms. The van der Waals surface area contributed by atoms with Crippen LogP contribution in [0.2, 0.25) is 0 Å². The summed E-state index contributed by atoms with van der Waals surface area (Å²) >= 11 is 1.61. The van der Waals surface area contributed by atoms with Crippen molar-refractivity contribution in [2.75, 3.05) is 5.32 Å². The first-order chi connectivity index (χ1) is 8.34. The van der Waals surface area contributed by atoms with Crippen molar-refractivity contribution in [2.45, 2.75) is 0 Å². The van der Waals surface area contributed by atoms with Gasteiger partial charge in [0.1, 0.15) is 5.75 Å². The predicted molar refractivity (Wildman–Crippen MR) is 71.0 cm³/mol. The van der Waals surface area contributed by atoms with Gasteiger partial charge in [0.05, 0.1) is 11.1 Å². The van der Waals surface area contributed by atoms with Crippen molar-refractivity contribution >= 4 is 32.8 Å². The molecule has 0 aliphatic carbocycles. The Kier molecular flexibility index (Phi) is 2.42. The van der Waals surface area contributed by atoms with Crippen LogP contribution < -0.4 is 5.32 Å². The SMILES string of the molecule is Oc1cccc2scc(Nc3ccncc3)c12. The van der Waals surface area contributed by atoms with Gasteiger partial charge in [0.2, 0.25) is 0 Å². The highest BCUT2D eigenvalue weighted by molar-refractivity contribution is 7.17. The molecular weight excluding hydrogens is 232 g/mol. The highest BCUT2D eigenvalue weighted by Gasteiger charge is 2.07. The molecule has 4 heteroatoms. The number of phenolic OH excluding ortho intramolecular Hbond substituents is 1. The van der Waals surface area contributed by atoms with E-state index in [1.807, 2.05) is 29.6 Å². The molecule has 0 aliphatic heterocycles. The molecule has 3 nitrogen and oxygen atoms in total. The Morgan fingerprint density at radius 1 is 1.12 bits per heavy atom. The fourth-order valence-corrected chi connectivity index (χ4v) is 2.66. The molecular formula is C13H10N2OS. The highest BCUT2D eigenvalue weighted by Crippen LogP contribution is 2.37. The highest BCUT2D eigenvalue weighted by atomic mass is 32.1. The van der Waals surface area contributed by atoms with Crippen molar-refractivity contribution < 1.29 is 5.11 Å². The fraction of sp³-hybridized carbons (Fsp3) is 0. The van der Waals surface area contributed by atoms with E-state index in [2.05, 4.69) is 10.3 Å². The topological polar surface area (TPSA) is 45.1 Å². The molecule has 3 aromatic rings. The number of rotatable bonds is 2. The van der Waals surface area contributed by atoms with Gasteiger partial charge < -0.3 is 10.4 Å². The molecule has 84 valence electrons. The van der Waals surface area contributed by atoms with Gasteiger partial charge in [-0.05, 0) is 24.3 Å². The minimum Gasteiger partial charge on any atom is -0.507 e. The van der Waals surface area contributed by atoms with Crippen LogP contribution in [-0.2, 0) is 0 Å². The first kappa shape index (κ1) is 10.1. The van der Waals surface area contributed by atoms with Gasteiger partial charge in [-0.25, -0.2) is 0 Å². The number of aromatic nitrogens is 1. The summed E-state index contributed by atoms with van der Waals surface area (Å²) in [6, 6.07) is 9.33. The Labute approximate surface area is 102 Å². The van der Waals surface area contributed by atoms with Gasteiger partial charge in [0, 0.05) is 28.2 Å². The van der Waals surface area contributed by atoms with Gasteiger partial charge in [-0.3, -0.25) is 4.98 Å². The quantitative estimate of drug-likeness (QED) is 0.719. The van der Waals surface area contributed by atoms with Gasteiger partial charge >= 0.3 is 0 Å². The first-order valence-corrected chi connectivity index (χ1v) is 6.09. The number of nitrogens with zero attached hydrogens (tertiary/aromatic N) is 1. The molecule has 0 aliphatic rings. The fourth-order valence-electron chi connectivity index (χ4n) is 1.75. The molecule has 0 atom stereocenters. The summed E-state index contributed by atoms with van der Waals surface area (Å²) in [5.41, 5.74) is 1.89. The van der Waals surface area contributed by atoms with E-state index in [1.165, 1.54) is 0 Å². The number of anilines is 2. The van der Waals surface area contributed by atoms with E-state index in [0.717, 1.165) is 21.5 Å². The zero-order valence-corrected chi connectivity index (χ0v) is 9.74. The van der Waals surface area contributed by atoms with Crippen molar-refractivity contribution in [3.8, 4) is 5.75 Å². The third-order valence-electron chi connectivity index (χ3n) is 2.54. The van der Waals surface area contributed by atoms with Crippen molar-refractivity contribution in [1.29, 1.82) is 0 Å². The van der Waals surface area contributed by atoms with Crippen LogP contribution in [0.1, 0.15) is 0 Å². The average molecular weight is 242 g/mol. The standard InChI is InChI=1S/C13H10N2OS/c16-11-2-1-3-12-13(11)10(8-17-12)15-9-4-6-14-7-5-9/h1-8,16H,(H,14,15). The van der Waals surface area contributed by atoms with E-state index in [1.54, 1.807) is 29.8 Å². The summed E-state index contributed by atoms with van der Waals surface area (Å²) in [6.07, 6.45) is 3.47. The maximum absolute atomic E-state index is 9.87. The molecule has 2 heterocycles. The van der Waals surface area contributed by atoms with Crippen LogP contribution >= 0.6 is 11.3 Å². The third kappa shape index (κ3) is 1.83. The van der Waals surface area contributed by atoms with Crippen molar-refractivity contribution in [3.05, 3.63) is 48.1 Å². The van der Waals surface area contributed by atoms with Crippen LogP contribution in [0.4, 0.5) is 11.4 Å². The minimum absolute atomic E-state index is 0.306. The molecule has 0 spiro atoms. The molecule has 0 unspecified atom stereocenters. The molecule has 0 amide bonds. The van der Waals surface area contributed by atoms with Crippen LogP contribution in [0, 0.1) is 0 Å². The number of thiophene rings is 1. The van der Waals surface area contributed by atoms with Crippen molar-refractivity contribution in [3.63, 3.8) is 0 Å². The number of phenols is 1. The van der Waals surface area contributed by atoms with Gasteiger partial charge in [0.15, 0.2) is 0 Å². The van der Waals surface area contributed by atoms with E-state index < -0.39 is 0 Å². The largest absolute Gasteiger partial charge is 0.507 e. The number of nitrogens with one attached hydrogen (secondary N) is 1. The lowest BCUT2D eigenvalue weighted by Crippen LogP contribution is -1.88. The number of aromatic hydroxyl groups is 1. The molecule has 2 N–H and O–H groups in total. The minimum atomic E-state index is 0.306. The molecule has 17 heavy (non-hydrogen) atoms. The maximum atomic E-state index is 9.87. The lowest BCUT2D eigenvalue weighted by atomic mass is 10.2. The summed E-state index contributed by atoms with van der Waals surface area (Å²) in [5.74, 6) is 0.306. The van der Waals surface area contributed by atoms with E-state index in [9.17, 15) is 5.11 Å². The molecule has 0 radical (unpaired) electrons. The number of hydrogen-bond acceptors (Lipinski definition) is 4. The first-order valence-electron chi connectivity index (χ1n) is 5.21. The predicted octanol–water partition coefficient (Wildman–Crippen LogP) is 3.75. The summed E-state index contributed by atoms with van der Waals surface area (Å²) in [4.78, 5) is 3.97. The summed E-state index contributed by atoms with van der Waals surface area (Å²) in [7, 11) is 0. The Morgan fingerprint density at radius 3 is 2.76 bits per heavy atom. The van der Waals surface area contributed by atoms with E-state index in [0.29, 0.717) is 5.75 Å². The summed E-state index contributed by atoms with van der Waals surface area (Å²) < 4.78 is 1.07. The smallest absolute Gasteiger partial charge is 0.126 e. The molecule has 0 saturated heterocycles. The van der Waals surface area contributed by atoms with Gasteiger partial charge in [-0.15, -0.1) is 11.3 Å². The Hall–Kier alpha value is -2.07. The molecule has 0 saturated carbocycles. The van der Waals surface area contributed by atoms with Gasteiger partial charge in [0.25, 0.3) is 0 Å². The van der Waals surface area contributed by atoms with Crippen molar-refractivity contribution in [1.82, 2.24) is 4.98 Å². The zero-order chi connectivity index (χ0) is 11.7. The van der Waals surface area contributed by atoms with E-state index in [-0.39, 0.29) is 0 Å². The zero-order valence-electron chi connectivity index (χ0n) is 8.92. The second-order valence-corrected chi connectivity index (χ2v) is 4.57. The summed E-state index contributed by atoms with van der Waals surface area (Å²) in [6.45, 7) is 0. The number of hydrogen-bond donors (Lipinski definition) is 2. The number of fused-ring (bicyclic) bond motifs is 1. The van der Waals surface area contributed by atoms with E-state index >= 15 is 0 Å². The van der Waals surface area contributed by atoms with Gasteiger partial charge in [-0.1, -0.05) is 6.07 Å². The molecule has 0 fully saturated rings. The molecule has 3 rings (SSSR count). The third-order valence-corrected chi connectivity index (χ3v) is 3.48. The van der Waals surface area contributed by atoms with Crippen LogP contribution in [0.5, 0.6) is 5.75 Å². The molecule has 2 aromatic heterocycles. The van der Waals surface area contributed by atoms with Crippen LogP contribution in [0.3, 0.4) is 0 Å². The monoisotopic (exact) mass is 242 g/mol.